The van der Waals surface area contributed by atoms with Gasteiger partial charge >= 0.3 is 18.2 Å². The van der Waals surface area contributed by atoms with Gasteiger partial charge in [-0.2, -0.15) is 0 Å². The Morgan fingerprint density at radius 2 is 1.58 bits per heavy atom. The molecule has 2 bridgehead atoms. The summed E-state index contributed by atoms with van der Waals surface area (Å²) in [5, 5.41) is 19.5. The van der Waals surface area contributed by atoms with Crippen molar-refractivity contribution in [1.29, 1.82) is 0 Å². The number of amides is 2. The molecule has 0 radical (unpaired) electrons. The zero-order valence-corrected chi connectivity index (χ0v) is 24.2. The van der Waals surface area contributed by atoms with Crippen LogP contribution in [0.25, 0.3) is 5.57 Å². The maximum Gasteiger partial charge on any atom is 0.411 e. The number of fused-ring (bicyclic) bond motifs is 2. The minimum Gasteiger partial charge on any atom is -0.478 e. The topological polar surface area (TPSA) is 117 Å². The SMILES string of the molecule is CC(C)(C)OC(=O)N1CC2CC(c3ccc(CCO)cc3)=C(C(=O)O)C(C1)N2C(=O)OC(C)(C)C(Cl)(Cl)Cl. The molecule has 2 atom stereocenters. The van der Waals surface area contributed by atoms with Crippen LogP contribution in [0, 0.1) is 0 Å². The minimum atomic E-state index is -1.94. The summed E-state index contributed by atoms with van der Waals surface area (Å²) in [7, 11) is 0. The van der Waals surface area contributed by atoms with Gasteiger partial charge in [0.25, 0.3) is 0 Å². The third kappa shape index (κ3) is 6.68. The van der Waals surface area contributed by atoms with Crippen molar-refractivity contribution in [2.45, 2.75) is 74.5 Å². The smallest absolute Gasteiger partial charge is 0.411 e. The molecule has 38 heavy (non-hydrogen) atoms. The lowest BCUT2D eigenvalue weighted by atomic mass is 9.82. The van der Waals surface area contributed by atoms with E-state index in [0.717, 1.165) is 5.56 Å². The number of aliphatic hydroxyl groups excluding tert-OH is 1. The quantitative estimate of drug-likeness (QED) is 0.461. The number of hydrogen-bond acceptors (Lipinski definition) is 6. The predicted octanol–water partition coefficient (Wildman–Crippen LogP) is 5.04. The van der Waals surface area contributed by atoms with Gasteiger partial charge < -0.3 is 24.6 Å². The largest absolute Gasteiger partial charge is 0.478 e. The summed E-state index contributed by atoms with van der Waals surface area (Å²) in [4.78, 5) is 41.8. The lowest BCUT2D eigenvalue weighted by Crippen LogP contribution is -2.65. The zero-order chi connectivity index (χ0) is 28.6. The van der Waals surface area contributed by atoms with Crippen LogP contribution < -0.4 is 0 Å². The molecule has 2 aliphatic heterocycles. The molecule has 2 aliphatic rings. The fourth-order valence-electron chi connectivity index (χ4n) is 4.54. The first-order valence-electron chi connectivity index (χ1n) is 12.2. The maximum absolute atomic E-state index is 13.5. The molecular formula is C26H33Cl3N2O7. The number of carboxylic acid groups (broad SMARTS) is 1. The number of halogens is 3. The highest BCUT2D eigenvalue weighted by atomic mass is 35.6. The third-order valence-electron chi connectivity index (χ3n) is 6.47. The van der Waals surface area contributed by atoms with E-state index in [1.165, 1.54) is 23.6 Å². The summed E-state index contributed by atoms with van der Waals surface area (Å²) in [6.45, 7) is 8.05. The molecule has 210 valence electrons. The summed E-state index contributed by atoms with van der Waals surface area (Å²) in [5.74, 6) is -1.23. The molecule has 2 unspecified atom stereocenters. The Labute approximate surface area is 237 Å². The average molecular weight is 592 g/mol. The van der Waals surface area contributed by atoms with E-state index >= 15 is 0 Å². The second kappa shape index (κ2) is 11.1. The van der Waals surface area contributed by atoms with Crippen LogP contribution >= 0.6 is 34.8 Å². The Morgan fingerprint density at radius 1 is 0.974 bits per heavy atom. The Kier molecular flexibility index (Phi) is 8.88. The van der Waals surface area contributed by atoms with Crippen molar-refractivity contribution in [1.82, 2.24) is 9.80 Å². The monoisotopic (exact) mass is 590 g/mol. The van der Waals surface area contributed by atoms with Gasteiger partial charge in [0.15, 0.2) is 5.60 Å². The van der Waals surface area contributed by atoms with Gasteiger partial charge in [-0.1, -0.05) is 59.1 Å². The molecule has 0 aliphatic carbocycles. The van der Waals surface area contributed by atoms with Crippen LogP contribution in [0.1, 0.15) is 52.2 Å². The van der Waals surface area contributed by atoms with Gasteiger partial charge in [0.1, 0.15) is 5.60 Å². The number of benzene rings is 1. The number of carbonyl (C=O) groups is 3. The van der Waals surface area contributed by atoms with Gasteiger partial charge in [-0.15, -0.1) is 0 Å². The van der Waals surface area contributed by atoms with E-state index in [-0.39, 0.29) is 31.7 Å². The Balaban J connectivity index is 2.06. The maximum atomic E-state index is 13.5. The van der Waals surface area contributed by atoms with E-state index in [4.69, 9.17) is 44.3 Å². The van der Waals surface area contributed by atoms with Gasteiger partial charge in [0.05, 0.1) is 17.7 Å². The van der Waals surface area contributed by atoms with Crippen LogP contribution in [0.5, 0.6) is 0 Å². The van der Waals surface area contributed by atoms with Gasteiger partial charge in [0.2, 0.25) is 3.79 Å². The second-order valence-electron chi connectivity index (χ2n) is 10.9. The van der Waals surface area contributed by atoms with Gasteiger partial charge in [-0.3, -0.25) is 4.90 Å². The molecule has 2 N–H and O–H groups in total. The standard InChI is InChI=1S/C26H33Cl3N2O7/c1-24(2,3)37-22(35)30-13-17-12-18(16-8-6-15(7-9-16)10-11-32)20(21(33)34)19(14-30)31(17)23(36)38-25(4,5)26(27,28)29/h6-9,17,19,32H,10-14H2,1-5H3,(H,33,34). The van der Waals surface area contributed by atoms with Crippen molar-refractivity contribution in [2.24, 2.45) is 0 Å². The van der Waals surface area contributed by atoms with Crippen LogP contribution in [0.3, 0.4) is 0 Å². The fourth-order valence-corrected chi connectivity index (χ4v) is 4.65. The zero-order valence-electron chi connectivity index (χ0n) is 22.0. The summed E-state index contributed by atoms with van der Waals surface area (Å²) in [6, 6.07) is 5.57. The number of aliphatic carboxylic acids is 1. The highest BCUT2D eigenvalue weighted by Gasteiger charge is 2.51. The van der Waals surface area contributed by atoms with E-state index in [1.807, 2.05) is 12.1 Å². The number of alkyl halides is 3. The molecule has 0 spiro atoms. The van der Waals surface area contributed by atoms with Crippen LogP contribution in [0.4, 0.5) is 9.59 Å². The van der Waals surface area contributed by atoms with E-state index in [0.29, 0.717) is 17.6 Å². The molecule has 0 saturated carbocycles. The first kappa shape index (κ1) is 30.3. The van der Waals surface area contributed by atoms with Crippen molar-refractivity contribution >= 4 is 58.5 Å². The molecule has 3 rings (SSSR count). The molecule has 1 aromatic carbocycles. The predicted molar refractivity (Wildman–Crippen MR) is 144 cm³/mol. The van der Waals surface area contributed by atoms with E-state index in [1.54, 1.807) is 32.9 Å². The summed E-state index contributed by atoms with van der Waals surface area (Å²) >= 11 is 18.1. The number of piperazine rings is 1. The summed E-state index contributed by atoms with van der Waals surface area (Å²) in [5.41, 5.74) is -0.183. The molecule has 1 saturated heterocycles. The van der Waals surface area contributed by atoms with Gasteiger partial charge in [0, 0.05) is 19.7 Å². The van der Waals surface area contributed by atoms with Crippen LogP contribution in [-0.4, -0.2) is 84.9 Å². The van der Waals surface area contributed by atoms with E-state index in [2.05, 4.69) is 0 Å². The molecule has 2 heterocycles. The van der Waals surface area contributed by atoms with Crippen molar-refractivity contribution in [2.75, 3.05) is 19.7 Å². The lowest BCUT2D eigenvalue weighted by Gasteiger charge is -2.50. The molecular weight excluding hydrogens is 559 g/mol. The number of carbonyl (C=O) groups excluding carboxylic acids is 2. The van der Waals surface area contributed by atoms with E-state index < -0.39 is 45.2 Å². The number of aliphatic hydroxyl groups is 1. The van der Waals surface area contributed by atoms with Crippen LogP contribution in [0.2, 0.25) is 0 Å². The number of carboxylic acids is 1. The van der Waals surface area contributed by atoms with Crippen LogP contribution in [-0.2, 0) is 20.7 Å². The number of hydrogen-bond donors (Lipinski definition) is 2. The Hall–Kier alpha value is -2.20. The molecule has 12 heteroatoms. The number of rotatable bonds is 5. The van der Waals surface area contributed by atoms with Crippen molar-refractivity contribution in [3.05, 3.63) is 41.0 Å². The molecule has 9 nitrogen and oxygen atoms in total. The molecule has 1 fully saturated rings. The lowest BCUT2D eigenvalue weighted by molar-refractivity contribution is -0.134. The summed E-state index contributed by atoms with van der Waals surface area (Å²) < 4.78 is 9.16. The molecule has 1 aromatic rings. The number of ether oxygens (including phenoxy) is 2. The minimum absolute atomic E-state index is 0.00528. The Morgan fingerprint density at radius 3 is 2.08 bits per heavy atom. The van der Waals surface area contributed by atoms with Crippen molar-refractivity contribution < 1.29 is 34.1 Å². The highest BCUT2D eigenvalue weighted by Crippen LogP contribution is 2.43. The normalized spacial score (nSPS) is 20.3. The highest BCUT2D eigenvalue weighted by molar-refractivity contribution is 6.68. The van der Waals surface area contributed by atoms with E-state index in [9.17, 15) is 24.6 Å². The summed E-state index contributed by atoms with van der Waals surface area (Å²) in [6.07, 6.45) is -0.847. The van der Waals surface area contributed by atoms with Crippen molar-refractivity contribution in [3.63, 3.8) is 0 Å². The average Bonchev–Trinajstić information content (AvgIpc) is 2.76. The fraction of sp³-hybridized carbons (Fsp3) is 0.577. The van der Waals surface area contributed by atoms with Crippen LogP contribution in [0.15, 0.2) is 29.8 Å². The first-order chi connectivity index (χ1) is 17.4. The van der Waals surface area contributed by atoms with Crippen molar-refractivity contribution in [3.8, 4) is 0 Å². The molecule has 2 amide bonds. The first-order valence-corrected chi connectivity index (χ1v) is 13.3. The van der Waals surface area contributed by atoms with Gasteiger partial charge in [-0.05, 0) is 64.2 Å². The Bertz CT molecular complexity index is 1110. The second-order valence-corrected chi connectivity index (χ2v) is 13.2. The molecule has 0 aromatic heterocycles. The van der Waals surface area contributed by atoms with Gasteiger partial charge in [-0.25, -0.2) is 14.4 Å². The third-order valence-corrected chi connectivity index (χ3v) is 7.84. The number of nitrogens with zero attached hydrogens (tertiary/aromatic N) is 2.